The highest BCUT2D eigenvalue weighted by molar-refractivity contribution is 7.99. The Bertz CT molecular complexity index is 411. The van der Waals surface area contributed by atoms with E-state index in [0.717, 1.165) is 17.4 Å². The zero-order valence-electron chi connectivity index (χ0n) is 11.9. The molecule has 2 N–H and O–H groups in total. The van der Waals surface area contributed by atoms with Crippen LogP contribution >= 0.6 is 11.8 Å². The lowest BCUT2D eigenvalue weighted by molar-refractivity contribution is 0.305. The lowest BCUT2D eigenvalue weighted by Crippen LogP contribution is -2.15. The van der Waals surface area contributed by atoms with Crippen molar-refractivity contribution in [3.8, 4) is 5.88 Å². The van der Waals surface area contributed by atoms with Crippen LogP contribution in [0, 0.1) is 5.92 Å². The lowest BCUT2D eigenvalue weighted by atomic mass is 9.91. The van der Waals surface area contributed by atoms with Crippen LogP contribution in [0.25, 0.3) is 0 Å². The van der Waals surface area contributed by atoms with Gasteiger partial charge in [-0.3, -0.25) is 0 Å². The molecule has 2 unspecified atom stereocenters. The van der Waals surface area contributed by atoms with Gasteiger partial charge < -0.3 is 10.5 Å². The topological polar surface area (TPSA) is 48.1 Å². The van der Waals surface area contributed by atoms with E-state index in [9.17, 15) is 0 Å². The summed E-state index contributed by atoms with van der Waals surface area (Å²) in [5.74, 6) is 1.44. The van der Waals surface area contributed by atoms with Gasteiger partial charge >= 0.3 is 0 Å². The Balaban J connectivity index is 1.99. The number of nitrogen functional groups attached to an aromatic ring is 1. The summed E-state index contributed by atoms with van der Waals surface area (Å²) in [4.78, 5) is 4.54. The molecule has 1 aliphatic carbocycles. The van der Waals surface area contributed by atoms with Crippen LogP contribution in [-0.4, -0.2) is 16.8 Å². The van der Waals surface area contributed by atoms with Crippen LogP contribution in [0.4, 0.5) is 5.69 Å². The van der Waals surface area contributed by atoms with E-state index in [1.807, 2.05) is 23.9 Å². The molecule has 106 valence electrons. The Labute approximate surface area is 120 Å². The summed E-state index contributed by atoms with van der Waals surface area (Å²) in [7, 11) is 0. The Kier molecular flexibility index (Phi) is 5.37. The molecule has 0 aromatic carbocycles. The molecule has 0 bridgehead atoms. The molecular weight excluding hydrogens is 256 g/mol. The molecule has 1 heterocycles. The zero-order valence-corrected chi connectivity index (χ0v) is 12.7. The number of pyridine rings is 1. The predicted molar refractivity (Wildman–Crippen MR) is 81.7 cm³/mol. The Morgan fingerprint density at radius 2 is 2.26 bits per heavy atom. The highest BCUT2D eigenvalue weighted by Crippen LogP contribution is 2.36. The van der Waals surface area contributed by atoms with E-state index in [4.69, 9.17) is 10.5 Å². The van der Waals surface area contributed by atoms with Crippen LogP contribution < -0.4 is 10.5 Å². The van der Waals surface area contributed by atoms with E-state index in [0.29, 0.717) is 23.4 Å². The van der Waals surface area contributed by atoms with Gasteiger partial charge in [0, 0.05) is 5.25 Å². The molecule has 0 aliphatic heterocycles. The predicted octanol–water partition coefficient (Wildman–Crippen LogP) is 4.12. The number of rotatable bonds is 5. The van der Waals surface area contributed by atoms with Gasteiger partial charge in [0.25, 0.3) is 0 Å². The summed E-state index contributed by atoms with van der Waals surface area (Å²) in [6.07, 6.45) is 6.27. The van der Waals surface area contributed by atoms with E-state index in [-0.39, 0.29) is 0 Å². The molecule has 1 saturated carbocycles. The molecule has 4 heteroatoms. The summed E-state index contributed by atoms with van der Waals surface area (Å²) in [5, 5.41) is 1.73. The number of ether oxygens (including phenoxy) is 1. The molecule has 2 atom stereocenters. The first-order valence-corrected chi connectivity index (χ1v) is 8.13. The molecule has 1 fully saturated rings. The molecule has 3 nitrogen and oxygen atoms in total. The monoisotopic (exact) mass is 280 g/mol. The summed E-state index contributed by atoms with van der Waals surface area (Å²) < 4.78 is 5.59. The summed E-state index contributed by atoms with van der Waals surface area (Å²) in [6, 6.07) is 3.92. The molecule has 1 aliphatic rings. The summed E-state index contributed by atoms with van der Waals surface area (Å²) >= 11 is 1.88. The van der Waals surface area contributed by atoms with Gasteiger partial charge in [0.15, 0.2) is 0 Å². The molecule has 1 aromatic heterocycles. The summed E-state index contributed by atoms with van der Waals surface area (Å²) in [5.41, 5.74) is 6.52. The number of hydrogen-bond donors (Lipinski definition) is 1. The first-order chi connectivity index (χ1) is 9.19. The number of anilines is 1. The quantitative estimate of drug-likeness (QED) is 0.881. The second kappa shape index (κ2) is 7.04. The highest BCUT2D eigenvalue weighted by Gasteiger charge is 2.20. The van der Waals surface area contributed by atoms with E-state index < -0.39 is 0 Å². The molecule has 19 heavy (non-hydrogen) atoms. The normalized spacial score (nSPS) is 23.3. The number of thioether (sulfide) groups is 1. The van der Waals surface area contributed by atoms with Crippen molar-refractivity contribution in [3.05, 3.63) is 12.1 Å². The molecule has 0 saturated heterocycles. The van der Waals surface area contributed by atoms with Gasteiger partial charge in [0.2, 0.25) is 5.88 Å². The van der Waals surface area contributed by atoms with E-state index in [1.165, 1.54) is 25.7 Å². The van der Waals surface area contributed by atoms with Gasteiger partial charge in [0.05, 0.1) is 12.3 Å². The average Bonchev–Trinajstić information content (AvgIpc) is 2.39. The number of nitrogens with two attached hydrogens (primary N) is 1. The standard InChI is InChI=1S/C15H24N2OS/c1-3-9-18-15-13(16)7-8-14(17-15)19-12-6-4-5-11(2)10-12/h7-8,11-12H,3-6,9-10,16H2,1-2H3. The second-order valence-corrected chi connectivity index (χ2v) is 6.72. The minimum Gasteiger partial charge on any atom is -0.476 e. The first-order valence-electron chi connectivity index (χ1n) is 7.25. The smallest absolute Gasteiger partial charge is 0.238 e. The molecule has 2 rings (SSSR count). The van der Waals surface area contributed by atoms with Crippen molar-refractivity contribution in [3.63, 3.8) is 0 Å². The molecule has 1 aromatic rings. The van der Waals surface area contributed by atoms with Gasteiger partial charge in [-0.1, -0.05) is 26.7 Å². The van der Waals surface area contributed by atoms with Crippen molar-refractivity contribution in [2.75, 3.05) is 12.3 Å². The molecule has 0 spiro atoms. The Morgan fingerprint density at radius 3 is 3.00 bits per heavy atom. The number of nitrogens with zero attached hydrogens (tertiary/aromatic N) is 1. The van der Waals surface area contributed by atoms with Crippen LogP contribution in [0.15, 0.2) is 17.2 Å². The minimum atomic E-state index is 0.593. The van der Waals surface area contributed by atoms with Gasteiger partial charge in [-0.05, 0) is 37.3 Å². The maximum atomic E-state index is 5.89. The maximum absolute atomic E-state index is 5.89. The highest BCUT2D eigenvalue weighted by atomic mass is 32.2. The summed E-state index contributed by atoms with van der Waals surface area (Å²) in [6.45, 7) is 5.10. The molecule has 0 amide bonds. The fraction of sp³-hybridized carbons (Fsp3) is 0.667. The third kappa shape index (κ3) is 4.30. The molecular formula is C15H24N2OS. The van der Waals surface area contributed by atoms with Crippen LogP contribution in [-0.2, 0) is 0 Å². The first kappa shape index (κ1) is 14.5. The fourth-order valence-corrected chi connectivity index (χ4v) is 3.80. The van der Waals surface area contributed by atoms with E-state index in [1.54, 1.807) is 0 Å². The number of aromatic nitrogens is 1. The van der Waals surface area contributed by atoms with E-state index in [2.05, 4.69) is 18.8 Å². The third-order valence-electron chi connectivity index (χ3n) is 3.48. The van der Waals surface area contributed by atoms with Crippen molar-refractivity contribution in [2.45, 2.75) is 56.2 Å². The van der Waals surface area contributed by atoms with Crippen molar-refractivity contribution in [1.82, 2.24) is 4.98 Å². The van der Waals surface area contributed by atoms with Crippen molar-refractivity contribution in [1.29, 1.82) is 0 Å². The van der Waals surface area contributed by atoms with Crippen LogP contribution in [0.5, 0.6) is 5.88 Å². The number of hydrogen-bond acceptors (Lipinski definition) is 4. The Morgan fingerprint density at radius 1 is 1.42 bits per heavy atom. The third-order valence-corrected chi connectivity index (χ3v) is 4.71. The lowest BCUT2D eigenvalue weighted by Gasteiger charge is -2.25. The molecule has 0 radical (unpaired) electrons. The van der Waals surface area contributed by atoms with Gasteiger partial charge in [0.1, 0.15) is 5.03 Å². The zero-order chi connectivity index (χ0) is 13.7. The van der Waals surface area contributed by atoms with Crippen LogP contribution in [0.1, 0.15) is 46.0 Å². The fourth-order valence-electron chi connectivity index (χ4n) is 2.47. The van der Waals surface area contributed by atoms with Gasteiger partial charge in [-0.25, -0.2) is 4.98 Å². The average molecular weight is 280 g/mol. The van der Waals surface area contributed by atoms with E-state index >= 15 is 0 Å². The van der Waals surface area contributed by atoms with Gasteiger partial charge in [-0.2, -0.15) is 0 Å². The minimum absolute atomic E-state index is 0.593. The van der Waals surface area contributed by atoms with Crippen molar-refractivity contribution < 1.29 is 4.74 Å². The second-order valence-electron chi connectivity index (χ2n) is 5.40. The Hall–Kier alpha value is -0.900. The van der Waals surface area contributed by atoms with Crippen LogP contribution in [0.2, 0.25) is 0 Å². The van der Waals surface area contributed by atoms with Crippen molar-refractivity contribution in [2.24, 2.45) is 5.92 Å². The van der Waals surface area contributed by atoms with Gasteiger partial charge in [-0.15, -0.1) is 11.8 Å². The van der Waals surface area contributed by atoms with Crippen LogP contribution in [0.3, 0.4) is 0 Å². The SMILES string of the molecule is CCCOc1nc(SC2CCCC(C)C2)ccc1N. The maximum Gasteiger partial charge on any atom is 0.238 e. The largest absolute Gasteiger partial charge is 0.476 e. The van der Waals surface area contributed by atoms with Crippen molar-refractivity contribution >= 4 is 17.4 Å².